The van der Waals surface area contributed by atoms with Crippen LogP contribution in [0.4, 0.5) is 4.79 Å². The molecule has 1 amide bonds. The third-order valence-corrected chi connectivity index (χ3v) is 5.08. The number of hydrogen-bond acceptors (Lipinski definition) is 5. The maximum Gasteiger partial charge on any atom is 0.410 e. The lowest BCUT2D eigenvalue weighted by Gasteiger charge is -2.44. The van der Waals surface area contributed by atoms with Crippen LogP contribution >= 0.6 is 11.6 Å². The van der Waals surface area contributed by atoms with Crippen molar-refractivity contribution in [3.63, 3.8) is 0 Å². The van der Waals surface area contributed by atoms with Gasteiger partial charge in [-0.15, -0.1) is 0 Å². The fraction of sp³-hybridized carbons (Fsp3) is 0.529. The van der Waals surface area contributed by atoms with Gasteiger partial charge in [-0.3, -0.25) is 9.80 Å². The summed E-state index contributed by atoms with van der Waals surface area (Å²) in [5.41, 5.74) is 0.536. The summed E-state index contributed by atoms with van der Waals surface area (Å²) in [5, 5.41) is 9.39. The molecule has 1 unspecified atom stereocenters. The van der Waals surface area contributed by atoms with Gasteiger partial charge in [-0.25, -0.2) is 9.59 Å². The van der Waals surface area contributed by atoms with Gasteiger partial charge in [-0.2, -0.15) is 0 Å². The van der Waals surface area contributed by atoms with Gasteiger partial charge >= 0.3 is 12.1 Å². The summed E-state index contributed by atoms with van der Waals surface area (Å²) >= 11 is 6.10. The van der Waals surface area contributed by atoms with E-state index in [-0.39, 0.29) is 11.6 Å². The van der Waals surface area contributed by atoms with Crippen molar-refractivity contribution in [3.05, 3.63) is 28.8 Å². The Kier molecular flexibility index (Phi) is 5.06. The van der Waals surface area contributed by atoms with Crippen molar-refractivity contribution < 1.29 is 24.2 Å². The molecule has 8 heteroatoms. The minimum Gasteiger partial charge on any atom is -0.482 e. The van der Waals surface area contributed by atoms with E-state index in [0.717, 1.165) is 12.0 Å². The number of ether oxygens (including phenoxy) is 2. The standard InChI is InChI=1S/C17H21ClN2O5/c1-2-17-10-19(5-6-20(17)16(23)25-11-17)8-12-7-13(18)3-4-14(12)24-9-15(21)22/h3-4,7H,2,5-6,8-11H2,1H3,(H,21,22). The van der Waals surface area contributed by atoms with Gasteiger partial charge < -0.3 is 14.6 Å². The molecule has 0 aromatic heterocycles. The summed E-state index contributed by atoms with van der Waals surface area (Å²) in [6.45, 7) is 4.64. The number of nitrogens with zero attached hydrogens (tertiary/aromatic N) is 2. The van der Waals surface area contributed by atoms with E-state index in [1.54, 1.807) is 18.2 Å². The number of cyclic esters (lactones) is 1. The van der Waals surface area contributed by atoms with Crippen LogP contribution < -0.4 is 4.74 Å². The molecule has 1 atom stereocenters. The molecule has 0 aliphatic carbocycles. The van der Waals surface area contributed by atoms with Crippen LogP contribution in [0.1, 0.15) is 18.9 Å². The molecular formula is C17H21ClN2O5. The maximum atomic E-state index is 11.9. The average molecular weight is 369 g/mol. The zero-order valence-corrected chi connectivity index (χ0v) is 14.8. The molecular weight excluding hydrogens is 348 g/mol. The predicted octanol–water partition coefficient (Wildman–Crippen LogP) is 2.22. The molecule has 2 heterocycles. The first kappa shape index (κ1) is 17.8. The lowest BCUT2D eigenvalue weighted by Crippen LogP contribution is -2.60. The lowest BCUT2D eigenvalue weighted by atomic mass is 9.92. The summed E-state index contributed by atoms with van der Waals surface area (Å²) in [5.74, 6) is -0.514. The molecule has 136 valence electrons. The minimum atomic E-state index is -1.03. The molecule has 1 aromatic rings. The number of hydrogen-bond donors (Lipinski definition) is 1. The first-order valence-corrected chi connectivity index (χ1v) is 8.61. The summed E-state index contributed by atoms with van der Waals surface area (Å²) in [7, 11) is 0. The number of fused-ring (bicyclic) bond motifs is 1. The van der Waals surface area contributed by atoms with Gasteiger partial charge in [0.1, 0.15) is 12.4 Å². The Morgan fingerprint density at radius 2 is 2.24 bits per heavy atom. The minimum absolute atomic E-state index is 0.241. The van der Waals surface area contributed by atoms with Gasteiger partial charge in [0.15, 0.2) is 6.61 Å². The molecule has 2 fully saturated rings. The molecule has 0 bridgehead atoms. The molecule has 1 aromatic carbocycles. The topological polar surface area (TPSA) is 79.3 Å². The lowest BCUT2D eigenvalue weighted by molar-refractivity contribution is -0.139. The Morgan fingerprint density at radius 3 is 2.96 bits per heavy atom. The quantitative estimate of drug-likeness (QED) is 0.829. The highest BCUT2D eigenvalue weighted by Crippen LogP contribution is 2.33. The molecule has 2 aliphatic heterocycles. The first-order chi connectivity index (χ1) is 11.9. The van der Waals surface area contributed by atoms with Gasteiger partial charge in [0, 0.05) is 36.8 Å². The van der Waals surface area contributed by atoms with E-state index >= 15 is 0 Å². The first-order valence-electron chi connectivity index (χ1n) is 8.23. The van der Waals surface area contributed by atoms with Crippen molar-refractivity contribution in [1.29, 1.82) is 0 Å². The van der Waals surface area contributed by atoms with Crippen LogP contribution in [0.2, 0.25) is 5.02 Å². The van der Waals surface area contributed by atoms with Crippen LogP contribution in [0.15, 0.2) is 18.2 Å². The monoisotopic (exact) mass is 368 g/mol. The number of amides is 1. The highest BCUT2D eigenvalue weighted by molar-refractivity contribution is 6.30. The summed E-state index contributed by atoms with van der Waals surface area (Å²) in [4.78, 5) is 26.7. The van der Waals surface area contributed by atoms with Crippen LogP contribution in [0, 0.1) is 0 Å². The Hall–Kier alpha value is -1.99. The van der Waals surface area contributed by atoms with Crippen LogP contribution in [0.5, 0.6) is 5.75 Å². The van der Waals surface area contributed by atoms with Crippen molar-refractivity contribution in [1.82, 2.24) is 9.80 Å². The molecule has 0 spiro atoms. The number of aliphatic carboxylic acids is 1. The van der Waals surface area contributed by atoms with Crippen molar-refractivity contribution in [2.75, 3.05) is 32.8 Å². The molecule has 25 heavy (non-hydrogen) atoms. The van der Waals surface area contributed by atoms with E-state index in [4.69, 9.17) is 26.2 Å². The molecule has 0 radical (unpaired) electrons. The van der Waals surface area contributed by atoms with Crippen LogP contribution in [0.25, 0.3) is 0 Å². The van der Waals surface area contributed by atoms with Crippen molar-refractivity contribution in [2.45, 2.75) is 25.4 Å². The van der Waals surface area contributed by atoms with Gasteiger partial charge in [-0.1, -0.05) is 18.5 Å². The highest BCUT2D eigenvalue weighted by Gasteiger charge is 2.49. The summed E-state index contributed by atoms with van der Waals surface area (Å²) < 4.78 is 10.6. The second-order valence-electron chi connectivity index (χ2n) is 6.43. The van der Waals surface area contributed by atoms with Gasteiger partial charge in [-0.05, 0) is 24.6 Å². The van der Waals surface area contributed by atoms with E-state index < -0.39 is 12.6 Å². The number of carbonyl (C=O) groups excluding carboxylic acids is 1. The third kappa shape index (κ3) is 3.67. The van der Waals surface area contributed by atoms with E-state index in [9.17, 15) is 9.59 Å². The van der Waals surface area contributed by atoms with Crippen LogP contribution in [-0.2, 0) is 16.1 Å². The number of carbonyl (C=O) groups is 2. The molecule has 2 aliphatic rings. The fourth-order valence-electron chi connectivity index (χ4n) is 3.47. The van der Waals surface area contributed by atoms with Gasteiger partial charge in [0.2, 0.25) is 0 Å². The SMILES string of the molecule is CCC12COC(=O)N1CCN(Cc1cc(Cl)ccc1OCC(=O)O)C2. The Morgan fingerprint density at radius 1 is 1.44 bits per heavy atom. The number of rotatable bonds is 6. The number of carboxylic acids is 1. The molecule has 7 nitrogen and oxygen atoms in total. The Bertz CT molecular complexity index is 683. The molecule has 3 rings (SSSR count). The molecule has 2 saturated heterocycles. The third-order valence-electron chi connectivity index (χ3n) is 4.84. The zero-order chi connectivity index (χ0) is 18.0. The highest BCUT2D eigenvalue weighted by atomic mass is 35.5. The normalized spacial score (nSPS) is 23.3. The zero-order valence-electron chi connectivity index (χ0n) is 14.0. The van der Waals surface area contributed by atoms with E-state index in [1.807, 2.05) is 4.90 Å². The second-order valence-corrected chi connectivity index (χ2v) is 6.87. The Balaban J connectivity index is 1.75. The van der Waals surface area contributed by atoms with Crippen molar-refractivity contribution >= 4 is 23.7 Å². The summed E-state index contributed by atoms with van der Waals surface area (Å²) in [6.07, 6.45) is 0.572. The largest absolute Gasteiger partial charge is 0.482 e. The average Bonchev–Trinajstić information content (AvgIpc) is 2.91. The van der Waals surface area contributed by atoms with E-state index in [2.05, 4.69) is 11.8 Å². The Labute approximate surface area is 151 Å². The predicted molar refractivity (Wildman–Crippen MR) is 90.9 cm³/mol. The fourth-order valence-corrected chi connectivity index (χ4v) is 3.67. The van der Waals surface area contributed by atoms with Gasteiger partial charge in [0.25, 0.3) is 0 Å². The maximum absolute atomic E-state index is 11.9. The van der Waals surface area contributed by atoms with Crippen LogP contribution in [0.3, 0.4) is 0 Å². The van der Waals surface area contributed by atoms with E-state index in [0.29, 0.717) is 43.6 Å². The number of benzene rings is 1. The number of halogens is 1. The van der Waals surface area contributed by atoms with Crippen molar-refractivity contribution in [2.24, 2.45) is 0 Å². The smallest absolute Gasteiger partial charge is 0.410 e. The number of piperazine rings is 1. The molecule has 0 saturated carbocycles. The second kappa shape index (κ2) is 7.09. The van der Waals surface area contributed by atoms with Gasteiger partial charge in [0.05, 0.1) is 5.54 Å². The van der Waals surface area contributed by atoms with Crippen molar-refractivity contribution in [3.8, 4) is 5.75 Å². The molecule has 1 N–H and O–H groups in total. The number of carboxylic acid groups (broad SMARTS) is 1. The van der Waals surface area contributed by atoms with E-state index in [1.165, 1.54) is 0 Å². The van der Waals surface area contributed by atoms with Crippen LogP contribution in [-0.4, -0.2) is 65.4 Å². The summed E-state index contributed by atoms with van der Waals surface area (Å²) in [6, 6.07) is 5.16.